The van der Waals surface area contributed by atoms with Crippen molar-refractivity contribution in [2.75, 3.05) is 0 Å². The Morgan fingerprint density at radius 2 is 1.23 bits per heavy atom. The number of halogens is 2. The van der Waals surface area contributed by atoms with Crippen LogP contribution < -0.4 is 24.8 Å². The zero-order valence-corrected chi connectivity index (χ0v) is 34.1. The molecule has 0 radical (unpaired) electrons. The third kappa shape index (κ3) is 8.18. The maximum atomic E-state index is 3.85. The van der Waals surface area contributed by atoms with Gasteiger partial charge >= 0.3 is 70.3 Å². The van der Waals surface area contributed by atoms with Gasteiger partial charge in [-0.2, -0.15) is 23.8 Å². The SMILES string of the molecule is CC(C)(C)C1=[C-]C(C)(C)c2cc3c(cc21)-c1cc2c(cc1C3)C(C)(C)C=C2C(C)(C)C.C[C](=[Zr+2])c1ccccc1.[Cl-].[Cl-].c1cc[cH-]c1. The third-order valence-electron chi connectivity index (χ3n) is 9.35. The van der Waals surface area contributed by atoms with Gasteiger partial charge in [0.05, 0.1) is 0 Å². The fourth-order valence-corrected chi connectivity index (χ4v) is 7.36. The second-order valence-electron chi connectivity index (χ2n) is 16.1. The summed E-state index contributed by atoms with van der Waals surface area (Å²) in [5.74, 6) is 0. The fraction of sp³-hybridized carbons (Fsp3) is 0.364. The maximum absolute atomic E-state index is 3.85. The van der Waals surface area contributed by atoms with E-state index in [0.717, 1.165) is 6.42 Å². The molecule has 0 unspecified atom stereocenters. The van der Waals surface area contributed by atoms with Crippen LogP contribution in [0.1, 0.15) is 115 Å². The van der Waals surface area contributed by atoms with Crippen LogP contribution in [-0.4, -0.2) is 3.21 Å². The summed E-state index contributed by atoms with van der Waals surface area (Å²) in [5, 5.41) is 0. The summed E-state index contributed by atoms with van der Waals surface area (Å²) in [4.78, 5) is 0. The number of fused-ring (bicyclic) bond motifs is 5. The number of allylic oxidation sites excluding steroid dienone is 4. The number of benzene rings is 3. The number of hydrogen-bond donors (Lipinski definition) is 0. The largest absolute Gasteiger partial charge is 1.00 e. The van der Waals surface area contributed by atoms with Gasteiger partial charge in [-0.15, -0.1) is 11.6 Å². The summed E-state index contributed by atoms with van der Waals surface area (Å²) >= 11 is 1.51. The summed E-state index contributed by atoms with van der Waals surface area (Å²) in [6.45, 7) is 25.5. The molecular weight excluding hydrogens is 691 g/mol. The molecule has 0 saturated heterocycles. The van der Waals surface area contributed by atoms with Crippen LogP contribution in [0.4, 0.5) is 0 Å². The van der Waals surface area contributed by atoms with Gasteiger partial charge in [0.2, 0.25) is 0 Å². The van der Waals surface area contributed by atoms with Crippen molar-refractivity contribution in [3.8, 4) is 11.1 Å². The van der Waals surface area contributed by atoms with Gasteiger partial charge in [0.25, 0.3) is 0 Å². The Morgan fingerprint density at radius 1 is 0.702 bits per heavy atom. The smallest absolute Gasteiger partial charge is 0.172 e. The van der Waals surface area contributed by atoms with Gasteiger partial charge in [-0.3, -0.25) is 6.08 Å². The van der Waals surface area contributed by atoms with Crippen LogP contribution in [0, 0.1) is 16.9 Å². The first kappa shape index (κ1) is 39.3. The molecule has 246 valence electrons. The standard InChI is InChI=1S/C31H37.C8H8.C5H5.2ClH.Zr/c1-28(2,3)26-16-30(7,8)24-12-18-11-19-13-25-23(15-21(19)20(18)14-22(24)26)27(29(4,5)6)17-31(25,9)10;1-2-8-6-4-3-5-7-8;1-2-4-5-3-1;;;/h12-16H,11H2,1-10H3;3-7H,1H3;1-5H;2*1H;/q-1;;-1;;;+2/p-2. The Hall–Kier alpha value is -2.18. The molecule has 0 nitrogen and oxygen atoms in total. The third-order valence-corrected chi connectivity index (χ3v) is 10.1. The van der Waals surface area contributed by atoms with Gasteiger partial charge in [-0.1, -0.05) is 92.9 Å². The normalized spacial score (nSPS) is 15.9. The zero-order chi connectivity index (χ0) is 32.9. The molecule has 0 fully saturated rings. The van der Waals surface area contributed by atoms with E-state index in [4.69, 9.17) is 0 Å². The molecule has 3 aliphatic carbocycles. The van der Waals surface area contributed by atoms with Gasteiger partial charge in [0.1, 0.15) is 0 Å². The molecule has 4 aromatic rings. The van der Waals surface area contributed by atoms with Gasteiger partial charge in [0, 0.05) is 5.41 Å². The monoisotopic (exact) mass is 738 g/mol. The van der Waals surface area contributed by atoms with Crippen molar-refractivity contribution in [1.82, 2.24) is 0 Å². The van der Waals surface area contributed by atoms with Gasteiger partial charge in [-0.25, -0.2) is 17.7 Å². The quantitative estimate of drug-likeness (QED) is 0.194. The first-order valence-corrected chi connectivity index (χ1v) is 17.7. The first-order valence-electron chi connectivity index (χ1n) is 16.4. The summed E-state index contributed by atoms with van der Waals surface area (Å²) in [7, 11) is 0. The molecule has 0 N–H and O–H groups in total. The second-order valence-corrected chi connectivity index (χ2v) is 18.0. The van der Waals surface area contributed by atoms with Crippen LogP contribution in [0.2, 0.25) is 0 Å². The predicted molar refractivity (Wildman–Crippen MR) is 193 cm³/mol. The Labute approximate surface area is 312 Å². The Bertz CT molecular complexity index is 1670. The van der Waals surface area contributed by atoms with Crippen molar-refractivity contribution >= 4 is 14.4 Å². The van der Waals surface area contributed by atoms with Gasteiger partial charge < -0.3 is 24.8 Å². The van der Waals surface area contributed by atoms with Crippen molar-refractivity contribution < 1.29 is 49.0 Å². The topological polar surface area (TPSA) is 0 Å². The molecule has 0 heterocycles. The molecular formula is C44H50Cl2Zr-2. The van der Waals surface area contributed by atoms with E-state index in [1.165, 1.54) is 88.7 Å². The minimum absolute atomic E-state index is 0. The van der Waals surface area contributed by atoms with E-state index in [9.17, 15) is 0 Å². The Balaban J connectivity index is 0.000000312. The molecule has 4 aromatic carbocycles. The zero-order valence-electron chi connectivity index (χ0n) is 30.1. The molecule has 47 heavy (non-hydrogen) atoms. The predicted octanol–water partition coefficient (Wildman–Crippen LogP) is 5.69. The number of hydrogen-bond acceptors (Lipinski definition) is 0. The van der Waals surface area contributed by atoms with Crippen LogP contribution in [0.5, 0.6) is 0 Å². The minimum Gasteiger partial charge on any atom is -1.00 e. The van der Waals surface area contributed by atoms with Gasteiger partial charge in [-0.05, 0) is 62.3 Å². The van der Waals surface area contributed by atoms with E-state index < -0.39 is 0 Å². The second kappa shape index (κ2) is 14.4. The minimum atomic E-state index is -0.0202. The van der Waals surface area contributed by atoms with E-state index in [0.29, 0.717) is 0 Å². The van der Waals surface area contributed by atoms with Crippen LogP contribution in [0.25, 0.3) is 22.3 Å². The molecule has 3 heteroatoms. The van der Waals surface area contributed by atoms with E-state index in [1.807, 2.05) is 36.4 Å². The fourth-order valence-electron chi connectivity index (χ4n) is 6.95. The summed E-state index contributed by atoms with van der Waals surface area (Å²) in [6, 6.07) is 30.5. The van der Waals surface area contributed by atoms with Crippen LogP contribution in [0.3, 0.4) is 0 Å². The van der Waals surface area contributed by atoms with E-state index in [2.05, 4.69) is 137 Å². The van der Waals surface area contributed by atoms with Gasteiger partial charge in [0.15, 0.2) is 0 Å². The van der Waals surface area contributed by atoms with Crippen molar-refractivity contribution in [2.24, 2.45) is 10.8 Å². The van der Waals surface area contributed by atoms with E-state index in [-0.39, 0.29) is 46.5 Å². The molecule has 3 aliphatic rings. The summed E-state index contributed by atoms with van der Waals surface area (Å²) < 4.78 is 1.46. The van der Waals surface area contributed by atoms with Crippen molar-refractivity contribution in [2.45, 2.75) is 93.4 Å². The van der Waals surface area contributed by atoms with Crippen LogP contribution >= 0.6 is 0 Å². The average Bonchev–Trinajstić information content (AvgIpc) is 3.73. The number of rotatable bonds is 1. The molecule has 0 atom stereocenters. The van der Waals surface area contributed by atoms with E-state index in [1.54, 1.807) is 0 Å². The summed E-state index contributed by atoms with van der Waals surface area (Å²) in [5.41, 5.74) is 16.3. The van der Waals surface area contributed by atoms with E-state index >= 15 is 0 Å². The molecule has 7 rings (SSSR count). The van der Waals surface area contributed by atoms with Crippen molar-refractivity contribution in [1.29, 1.82) is 0 Å². The molecule has 0 amide bonds. The molecule has 0 aliphatic heterocycles. The molecule has 0 bridgehead atoms. The average molecular weight is 741 g/mol. The van der Waals surface area contributed by atoms with Crippen molar-refractivity contribution in [3.63, 3.8) is 0 Å². The first-order chi connectivity index (χ1) is 20.9. The van der Waals surface area contributed by atoms with Crippen molar-refractivity contribution in [3.05, 3.63) is 136 Å². The Morgan fingerprint density at radius 3 is 1.68 bits per heavy atom. The summed E-state index contributed by atoms with van der Waals surface area (Å²) in [6.07, 6.45) is 7.41. The Kier molecular flexibility index (Phi) is 12.0. The molecule has 0 saturated carbocycles. The van der Waals surface area contributed by atoms with Crippen LogP contribution in [0.15, 0.2) is 91.0 Å². The molecule has 0 spiro atoms. The van der Waals surface area contributed by atoms with Crippen LogP contribution in [-0.2, 0) is 41.5 Å². The maximum Gasteiger partial charge on any atom is -0.172 e. The molecule has 0 aromatic heterocycles.